The summed E-state index contributed by atoms with van der Waals surface area (Å²) in [7, 11) is 0. The zero-order valence-electron chi connectivity index (χ0n) is 12.8. The number of nitrogens with zero attached hydrogens (tertiary/aromatic N) is 1. The number of hydrogen-bond acceptors (Lipinski definition) is 2. The van der Waals surface area contributed by atoms with E-state index in [1.54, 1.807) is 5.54 Å². The van der Waals surface area contributed by atoms with Crippen LogP contribution in [0.2, 0.25) is 0 Å². The van der Waals surface area contributed by atoms with Gasteiger partial charge < -0.3 is 5.32 Å². The molecule has 0 aromatic rings. The van der Waals surface area contributed by atoms with E-state index in [4.69, 9.17) is 11.6 Å². The van der Waals surface area contributed by atoms with Gasteiger partial charge in [-0.25, -0.2) is 0 Å². The van der Waals surface area contributed by atoms with E-state index in [1.807, 2.05) is 0 Å². The first kappa shape index (κ1) is 14.9. The molecular formula is C17H29ClN2. The van der Waals surface area contributed by atoms with Crippen molar-refractivity contribution in [1.29, 1.82) is 0 Å². The van der Waals surface area contributed by atoms with Crippen molar-refractivity contribution in [2.24, 2.45) is 11.8 Å². The van der Waals surface area contributed by atoms with Crippen molar-refractivity contribution < 1.29 is 0 Å². The molecule has 0 bridgehead atoms. The van der Waals surface area contributed by atoms with Crippen molar-refractivity contribution in [3.8, 4) is 0 Å². The van der Waals surface area contributed by atoms with Gasteiger partial charge in [-0.3, -0.25) is 4.90 Å². The number of halogens is 1. The molecule has 2 aliphatic carbocycles. The van der Waals surface area contributed by atoms with E-state index < -0.39 is 0 Å². The van der Waals surface area contributed by atoms with Gasteiger partial charge in [-0.15, -0.1) is 0 Å². The molecule has 0 aromatic heterocycles. The standard InChI is InChI=1S/C17H29ClN2/c1-13(9-18)11-20-12-16(14-5-3-2-4-6-14)19-10-17(20)15-7-8-15/h9,14-17,19H,2-8,10-12H2,1H3. The molecule has 3 fully saturated rings. The first-order chi connectivity index (χ1) is 9.78. The molecule has 3 heteroatoms. The second-order valence-electron chi connectivity index (χ2n) is 7.20. The molecule has 1 aliphatic heterocycles. The highest BCUT2D eigenvalue weighted by Gasteiger charge is 2.40. The highest BCUT2D eigenvalue weighted by Crippen LogP contribution is 2.38. The molecule has 0 spiro atoms. The van der Waals surface area contributed by atoms with Gasteiger partial charge in [0, 0.05) is 37.3 Å². The van der Waals surface area contributed by atoms with E-state index in [0.717, 1.165) is 24.4 Å². The summed E-state index contributed by atoms with van der Waals surface area (Å²) >= 11 is 5.89. The molecule has 0 aromatic carbocycles. The number of piperazine rings is 1. The summed E-state index contributed by atoms with van der Waals surface area (Å²) in [5.74, 6) is 1.85. The Morgan fingerprint density at radius 1 is 1.15 bits per heavy atom. The van der Waals surface area contributed by atoms with Crippen LogP contribution in [0.4, 0.5) is 0 Å². The second kappa shape index (κ2) is 6.81. The smallest absolute Gasteiger partial charge is 0.0253 e. The van der Waals surface area contributed by atoms with Crippen LogP contribution in [0.15, 0.2) is 11.1 Å². The molecular weight excluding hydrogens is 268 g/mol. The van der Waals surface area contributed by atoms with E-state index in [2.05, 4.69) is 17.1 Å². The average molecular weight is 297 g/mol. The van der Waals surface area contributed by atoms with Gasteiger partial charge in [0.1, 0.15) is 0 Å². The lowest BCUT2D eigenvalue weighted by Crippen LogP contribution is -2.59. The Morgan fingerprint density at radius 3 is 2.55 bits per heavy atom. The Morgan fingerprint density at radius 2 is 1.90 bits per heavy atom. The Hall–Kier alpha value is -0.0500. The maximum Gasteiger partial charge on any atom is 0.0253 e. The van der Waals surface area contributed by atoms with Crippen molar-refractivity contribution in [1.82, 2.24) is 10.2 Å². The van der Waals surface area contributed by atoms with Crippen LogP contribution in [0.5, 0.6) is 0 Å². The third kappa shape index (κ3) is 3.58. The minimum absolute atomic E-state index is 0.716. The van der Waals surface area contributed by atoms with Crippen molar-refractivity contribution in [2.45, 2.75) is 64.0 Å². The molecule has 3 rings (SSSR count). The highest BCUT2D eigenvalue weighted by molar-refractivity contribution is 6.25. The Balaban J connectivity index is 1.62. The van der Waals surface area contributed by atoms with E-state index >= 15 is 0 Å². The monoisotopic (exact) mass is 296 g/mol. The topological polar surface area (TPSA) is 15.3 Å². The molecule has 20 heavy (non-hydrogen) atoms. The van der Waals surface area contributed by atoms with E-state index in [9.17, 15) is 0 Å². The van der Waals surface area contributed by atoms with Gasteiger partial charge in [0.25, 0.3) is 0 Å². The summed E-state index contributed by atoms with van der Waals surface area (Å²) in [6, 6.07) is 1.47. The van der Waals surface area contributed by atoms with E-state index in [-0.39, 0.29) is 0 Å². The zero-order valence-corrected chi connectivity index (χ0v) is 13.5. The largest absolute Gasteiger partial charge is 0.311 e. The lowest BCUT2D eigenvalue weighted by Gasteiger charge is -2.44. The van der Waals surface area contributed by atoms with Crippen LogP contribution < -0.4 is 5.32 Å². The maximum absolute atomic E-state index is 5.89. The van der Waals surface area contributed by atoms with Gasteiger partial charge in [0.05, 0.1) is 0 Å². The van der Waals surface area contributed by atoms with Crippen LogP contribution in [0.25, 0.3) is 0 Å². The van der Waals surface area contributed by atoms with E-state index in [1.165, 1.54) is 63.6 Å². The molecule has 1 N–H and O–H groups in total. The van der Waals surface area contributed by atoms with Crippen LogP contribution in [-0.4, -0.2) is 36.6 Å². The van der Waals surface area contributed by atoms with Crippen LogP contribution in [0.1, 0.15) is 51.9 Å². The minimum Gasteiger partial charge on any atom is -0.311 e. The fraction of sp³-hybridized carbons (Fsp3) is 0.882. The second-order valence-corrected chi connectivity index (χ2v) is 7.42. The van der Waals surface area contributed by atoms with Gasteiger partial charge in [-0.05, 0) is 50.0 Å². The number of rotatable bonds is 4. The quantitative estimate of drug-likeness (QED) is 0.850. The minimum atomic E-state index is 0.716. The first-order valence-electron chi connectivity index (χ1n) is 8.51. The molecule has 3 aliphatic rings. The molecule has 0 amide bonds. The number of nitrogens with one attached hydrogen (secondary N) is 1. The molecule has 0 radical (unpaired) electrons. The first-order valence-corrected chi connectivity index (χ1v) is 8.95. The van der Waals surface area contributed by atoms with Crippen LogP contribution in [0.3, 0.4) is 0 Å². The fourth-order valence-electron chi connectivity index (χ4n) is 4.19. The van der Waals surface area contributed by atoms with Crippen molar-refractivity contribution in [2.75, 3.05) is 19.6 Å². The Bertz CT molecular complexity index is 345. The van der Waals surface area contributed by atoms with Gasteiger partial charge in [0.2, 0.25) is 0 Å². The molecule has 2 nitrogen and oxygen atoms in total. The van der Waals surface area contributed by atoms with Crippen LogP contribution in [-0.2, 0) is 0 Å². The predicted molar refractivity (Wildman–Crippen MR) is 86.1 cm³/mol. The predicted octanol–water partition coefficient (Wildman–Crippen LogP) is 3.76. The SMILES string of the molecule is CC(=CCl)CN1CC(C2CCCCC2)NCC1C1CC1. The molecule has 1 heterocycles. The van der Waals surface area contributed by atoms with Gasteiger partial charge in [-0.1, -0.05) is 30.9 Å². The van der Waals surface area contributed by atoms with Crippen molar-refractivity contribution in [3.05, 3.63) is 11.1 Å². The zero-order chi connectivity index (χ0) is 13.9. The van der Waals surface area contributed by atoms with E-state index in [0.29, 0.717) is 6.04 Å². The third-order valence-corrected chi connectivity index (χ3v) is 5.89. The summed E-state index contributed by atoms with van der Waals surface area (Å²) < 4.78 is 0. The molecule has 2 saturated carbocycles. The van der Waals surface area contributed by atoms with Gasteiger partial charge in [0.15, 0.2) is 0 Å². The van der Waals surface area contributed by atoms with Gasteiger partial charge in [-0.2, -0.15) is 0 Å². The number of hydrogen-bond donors (Lipinski definition) is 1. The lowest BCUT2D eigenvalue weighted by molar-refractivity contribution is 0.0930. The summed E-state index contributed by atoms with van der Waals surface area (Å²) in [4.78, 5) is 2.72. The average Bonchev–Trinajstić information content (AvgIpc) is 3.32. The third-order valence-electron chi connectivity index (χ3n) is 5.51. The summed E-state index contributed by atoms with van der Waals surface area (Å²) in [5.41, 5.74) is 3.07. The van der Waals surface area contributed by atoms with Crippen molar-refractivity contribution in [3.63, 3.8) is 0 Å². The van der Waals surface area contributed by atoms with Gasteiger partial charge >= 0.3 is 0 Å². The molecule has 2 atom stereocenters. The molecule has 114 valence electrons. The molecule has 1 saturated heterocycles. The highest BCUT2D eigenvalue weighted by atomic mass is 35.5. The summed E-state index contributed by atoms with van der Waals surface area (Å²) in [6.07, 6.45) is 10.1. The van der Waals surface area contributed by atoms with Crippen LogP contribution >= 0.6 is 11.6 Å². The summed E-state index contributed by atoms with van der Waals surface area (Å²) in [5, 5.41) is 3.89. The lowest BCUT2D eigenvalue weighted by atomic mass is 9.82. The molecule has 2 unspecified atom stereocenters. The summed E-state index contributed by atoms with van der Waals surface area (Å²) in [6.45, 7) is 5.65. The van der Waals surface area contributed by atoms with Crippen molar-refractivity contribution >= 4 is 11.6 Å². The Kier molecular flexibility index (Phi) is 5.06. The normalized spacial score (nSPS) is 34.4. The maximum atomic E-state index is 5.89. The fourth-order valence-corrected chi connectivity index (χ4v) is 4.26. The van der Waals surface area contributed by atoms with Crippen LogP contribution in [0, 0.1) is 11.8 Å². The Labute approximate surface area is 128 Å².